The Morgan fingerprint density at radius 3 is 1.95 bits per heavy atom. The normalized spacial score (nSPS) is 11.8. The van der Waals surface area contributed by atoms with Crippen molar-refractivity contribution < 1.29 is 129 Å². The van der Waals surface area contributed by atoms with E-state index in [0.717, 1.165) is 36.3 Å². The minimum atomic E-state index is -4.66. The second kappa shape index (κ2) is 19.9. The van der Waals surface area contributed by atoms with Crippen LogP contribution in [0.3, 0.4) is 0 Å². The van der Waals surface area contributed by atoms with Crippen LogP contribution < -0.4 is 103 Å². The maximum Gasteiger partial charge on any atom is 1.00 e. The molecule has 1 heterocycles. The second-order valence-electron chi connectivity index (χ2n) is 9.05. The molecule has 0 aliphatic carbocycles. The van der Waals surface area contributed by atoms with Gasteiger partial charge in [-0.1, -0.05) is 83.3 Å². The Morgan fingerprint density at radius 2 is 1.43 bits per heavy atom. The Hall–Kier alpha value is 1.87. The van der Waals surface area contributed by atoms with Crippen molar-refractivity contribution in [3.63, 3.8) is 0 Å². The fourth-order valence-electron chi connectivity index (χ4n) is 4.15. The van der Waals surface area contributed by atoms with E-state index >= 15 is 0 Å². The Bertz CT molecular complexity index is 1180. The quantitative estimate of drug-likeness (QED) is 0.0905. The van der Waals surface area contributed by atoms with Gasteiger partial charge in [0.2, 0.25) is 0 Å². The van der Waals surface area contributed by atoms with Crippen molar-refractivity contribution in [3.8, 4) is 0 Å². The fraction of sp³-hybridized carbons (Fsp3) is 0.667. The van der Waals surface area contributed by atoms with Crippen molar-refractivity contribution in [1.29, 1.82) is 0 Å². The number of imidazole rings is 1. The third-order valence-corrected chi connectivity index (χ3v) is 7.93. The smallest absolute Gasteiger partial charge is 0.748 e. The van der Waals surface area contributed by atoms with Crippen molar-refractivity contribution >= 4 is 48.4 Å². The van der Waals surface area contributed by atoms with Crippen LogP contribution in [-0.2, 0) is 33.2 Å². The number of unbranched alkanes of at least 4 members (excludes halogenated alkanes) is 10. The van der Waals surface area contributed by atoms with Crippen LogP contribution in [-0.4, -0.2) is 46.1 Å². The zero-order chi connectivity index (χ0) is 25.9. The number of thiocarbonyl (C=S) groups is 1. The average molecular weight is 623 g/mol. The third kappa shape index (κ3) is 15.6. The molecule has 0 radical (unpaired) electrons. The maximum absolute atomic E-state index is 11.4. The van der Waals surface area contributed by atoms with Crippen LogP contribution in [0.1, 0.15) is 89.8 Å². The topological polar surface area (TPSA) is 132 Å². The minimum absolute atomic E-state index is 0. The Labute approximate surface area is 312 Å². The molecule has 13 heteroatoms. The maximum atomic E-state index is 11.4. The number of hydrogen-bond acceptors (Lipinski definition) is 8. The molecule has 0 fully saturated rings. The van der Waals surface area contributed by atoms with Gasteiger partial charge < -0.3 is 13.7 Å². The molecular formula is C24H36K2N2O6S3. The standard InChI is InChI=1S/C24H38N2O6S3.2K/c1-2-3-4-5-6-7-8-9-10-11-12-13-20(33)18-24-25-22-19-21(35(30,31)32)14-15-23(22)26(24)16-17-34(27,28)29;;/h14-15,19H,2-13,16-18H2,1H3,(H,27,28,29)(H,30,31,32);;/q;2*+1/p-2. The van der Waals surface area contributed by atoms with E-state index in [9.17, 15) is 25.9 Å². The molecule has 0 aliphatic rings. The number of rotatable bonds is 18. The van der Waals surface area contributed by atoms with Crippen molar-refractivity contribution in [3.05, 3.63) is 24.0 Å². The SMILES string of the molecule is CCCCCCCCCCCCCC(=S)Cc1nc2cc(S(=O)(=O)[O-])ccc2n1CCS(=O)(=O)[O-].[K+].[K+]. The van der Waals surface area contributed by atoms with Gasteiger partial charge >= 0.3 is 103 Å². The zero-order valence-corrected chi connectivity index (χ0v) is 31.1. The van der Waals surface area contributed by atoms with E-state index in [1.54, 1.807) is 4.57 Å². The summed E-state index contributed by atoms with van der Waals surface area (Å²) in [5.74, 6) is -0.171. The molecule has 0 amide bonds. The van der Waals surface area contributed by atoms with Crippen molar-refractivity contribution in [2.24, 2.45) is 0 Å². The summed E-state index contributed by atoms with van der Waals surface area (Å²) in [5, 5.41) is 0. The molecule has 0 bridgehead atoms. The molecule has 0 saturated heterocycles. The molecule has 1 aromatic heterocycles. The summed E-state index contributed by atoms with van der Waals surface area (Å²) in [6.07, 6.45) is 14.7. The van der Waals surface area contributed by atoms with Gasteiger partial charge in [0.25, 0.3) is 0 Å². The molecule has 2 aromatic rings. The summed E-state index contributed by atoms with van der Waals surface area (Å²) in [7, 11) is -9.11. The predicted octanol–water partition coefficient (Wildman–Crippen LogP) is -0.893. The Morgan fingerprint density at radius 1 is 0.892 bits per heavy atom. The van der Waals surface area contributed by atoms with Gasteiger partial charge in [0.1, 0.15) is 15.9 Å². The van der Waals surface area contributed by atoms with Crippen LogP contribution in [0.4, 0.5) is 0 Å². The van der Waals surface area contributed by atoms with Gasteiger partial charge in [-0.05, 0) is 31.0 Å². The van der Waals surface area contributed by atoms with E-state index in [0.29, 0.717) is 17.8 Å². The van der Waals surface area contributed by atoms with Gasteiger partial charge in [-0.15, -0.1) is 0 Å². The van der Waals surface area contributed by atoms with Crippen LogP contribution in [0.25, 0.3) is 11.0 Å². The monoisotopic (exact) mass is 622 g/mol. The molecule has 8 nitrogen and oxygen atoms in total. The first-order chi connectivity index (χ1) is 16.5. The van der Waals surface area contributed by atoms with Crippen molar-refractivity contribution in [2.45, 2.75) is 102 Å². The van der Waals surface area contributed by atoms with Gasteiger partial charge in [0, 0.05) is 17.8 Å². The van der Waals surface area contributed by atoms with Crippen LogP contribution in [0.2, 0.25) is 0 Å². The molecule has 0 N–H and O–H groups in total. The first kappa shape index (κ1) is 38.9. The van der Waals surface area contributed by atoms with Crippen LogP contribution >= 0.6 is 12.2 Å². The summed E-state index contributed by atoms with van der Waals surface area (Å²) in [6, 6.07) is 3.72. The van der Waals surface area contributed by atoms with Gasteiger partial charge in [-0.25, -0.2) is 21.8 Å². The van der Waals surface area contributed by atoms with Crippen LogP contribution in [0.5, 0.6) is 0 Å². The Balaban J connectivity index is 0.00000648. The molecule has 0 atom stereocenters. The molecule has 0 saturated carbocycles. The number of fused-ring (bicyclic) bond motifs is 1. The van der Waals surface area contributed by atoms with E-state index in [1.807, 2.05) is 0 Å². The van der Waals surface area contributed by atoms with Crippen molar-refractivity contribution in [2.75, 3.05) is 5.75 Å². The predicted molar refractivity (Wildman–Crippen MR) is 140 cm³/mol. The van der Waals surface area contributed by atoms with E-state index in [1.165, 1.54) is 63.9 Å². The van der Waals surface area contributed by atoms with Gasteiger partial charge in [0.15, 0.2) is 0 Å². The molecule has 0 aliphatic heterocycles. The largest absolute Gasteiger partial charge is 1.00 e. The van der Waals surface area contributed by atoms with Gasteiger partial charge in [-0.2, -0.15) is 0 Å². The summed E-state index contributed by atoms with van der Waals surface area (Å²) < 4.78 is 69.2. The first-order valence-corrected chi connectivity index (χ1v) is 15.8. The number of nitrogens with zero attached hydrogens (tertiary/aromatic N) is 2. The molecule has 198 valence electrons. The average Bonchev–Trinajstić information content (AvgIpc) is 3.11. The van der Waals surface area contributed by atoms with E-state index in [4.69, 9.17) is 12.2 Å². The number of benzene rings is 1. The number of aromatic nitrogens is 2. The summed E-state index contributed by atoms with van der Waals surface area (Å²) in [6.45, 7) is 2.10. The molecule has 2 rings (SSSR count). The summed E-state index contributed by atoms with van der Waals surface area (Å²) >= 11 is 5.53. The number of hydrogen-bond donors (Lipinski definition) is 0. The number of aryl methyl sites for hydroxylation is 1. The molecule has 0 spiro atoms. The fourth-order valence-corrected chi connectivity index (χ4v) is 5.32. The molecule has 0 unspecified atom stereocenters. The van der Waals surface area contributed by atoms with E-state index in [-0.39, 0.29) is 115 Å². The van der Waals surface area contributed by atoms with Crippen molar-refractivity contribution in [1.82, 2.24) is 9.55 Å². The molecule has 1 aromatic carbocycles. The van der Waals surface area contributed by atoms with Gasteiger partial charge in [-0.3, -0.25) is 0 Å². The third-order valence-electron chi connectivity index (χ3n) is 6.07. The summed E-state index contributed by atoms with van der Waals surface area (Å²) in [5.41, 5.74) is 0.700. The van der Waals surface area contributed by atoms with E-state index in [2.05, 4.69) is 11.9 Å². The second-order valence-corrected chi connectivity index (χ2v) is 12.5. The zero-order valence-electron chi connectivity index (χ0n) is 22.4. The van der Waals surface area contributed by atoms with Gasteiger partial charge in [0.05, 0.1) is 31.8 Å². The van der Waals surface area contributed by atoms with E-state index < -0.39 is 30.9 Å². The molecular weight excluding hydrogens is 587 g/mol. The first-order valence-electron chi connectivity index (χ1n) is 12.4. The minimum Gasteiger partial charge on any atom is -0.748 e. The van der Waals surface area contributed by atoms with Crippen LogP contribution in [0, 0.1) is 0 Å². The Kier molecular flexibility index (Phi) is 20.9. The van der Waals surface area contributed by atoms with Crippen LogP contribution in [0.15, 0.2) is 23.1 Å². The summed E-state index contributed by atoms with van der Waals surface area (Å²) in [4.78, 5) is 4.76. The molecule has 37 heavy (non-hydrogen) atoms.